The van der Waals surface area contributed by atoms with Crippen molar-refractivity contribution in [3.63, 3.8) is 0 Å². The predicted molar refractivity (Wildman–Crippen MR) is 42.8 cm³/mol. The van der Waals surface area contributed by atoms with Gasteiger partial charge in [0.05, 0.1) is 6.61 Å². The molecule has 1 heterocycles. The summed E-state index contributed by atoms with van der Waals surface area (Å²) in [5.41, 5.74) is -0.874. The van der Waals surface area contributed by atoms with Gasteiger partial charge in [-0.25, -0.2) is 0 Å². The largest absolute Gasteiger partial charge is 0.394 e. The van der Waals surface area contributed by atoms with Crippen LogP contribution in [-0.4, -0.2) is 56.9 Å². The summed E-state index contributed by atoms with van der Waals surface area (Å²) in [5.74, 6) is 0. The van der Waals surface area contributed by atoms with E-state index in [0.29, 0.717) is 0 Å². The smallest absolute Gasteiger partial charge is 0.129 e. The van der Waals surface area contributed by atoms with E-state index in [0.717, 1.165) is 0 Å². The van der Waals surface area contributed by atoms with Gasteiger partial charge in [0.1, 0.15) is 29.9 Å². The van der Waals surface area contributed by atoms with E-state index in [9.17, 15) is 10.2 Å². The maximum Gasteiger partial charge on any atom is 0.129 e. The molecular formula is C6H12O5S. The first-order valence-electron chi connectivity index (χ1n) is 3.56. The first-order chi connectivity index (χ1) is 5.57. The number of ether oxygens (including phenoxy) is 1. The fourth-order valence-corrected chi connectivity index (χ4v) is 1.41. The van der Waals surface area contributed by atoms with Gasteiger partial charge in [0, 0.05) is 0 Å². The highest BCUT2D eigenvalue weighted by Gasteiger charge is 2.41. The molecule has 0 saturated carbocycles. The molecular weight excluding hydrogens is 184 g/mol. The van der Waals surface area contributed by atoms with Gasteiger partial charge in [-0.15, -0.1) is 12.6 Å². The number of thiol groups is 1. The zero-order valence-electron chi connectivity index (χ0n) is 6.24. The molecule has 1 aliphatic heterocycles. The highest BCUT2D eigenvalue weighted by molar-refractivity contribution is 7.80. The molecule has 6 heteroatoms. The van der Waals surface area contributed by atoms with Crippen LogP contribution in [0.15, 0.2) is 0 Å². The highest BCUT2D eigenvalue weighted by Crippen LogP contribution is 2.22. The minimum absolute atomic E-state index is 0.415. The molecule has 0 unspecified atom stereocenters. The van der Waals surface area contributed by atoms with Crippen LogP contribution in [0.25, 0.3) is 0 Å². The molecule has 72 valence electrons. The van der Waals surface area contributed by atoms with Crippen LogP contribution in [0.2, 0.25) is 0 Å². The standard InChI is InChI=1S/C6H12O5S/c7-1-2-3(8)4(9)5(10)6(12)11-2/h2-10,12H,1H2/t2-,3-,4-,5+,6+/m1/s1. The second-order valence-electron chi connectivity index (χ2n) is 2.72. The van der Waals surface area contributed by atoms with Crippen LogP contribution >= 0.6 is 12.6 Å². The van der Waals surface area contributed by atoms with Gasteiger partial charge in [0.15, 0.2) is 0 Å². The molecule has 0 aromatic carbocycles. The second-order valence-corrected chi connectivity index (χ2v) is 3.23. The third-order valence-corrected chi connectivity index (χ3v) is 2.29. The predicted octanol–water partition coefficient (Wildman–Crippen LogP) is -2.28. The summed E-state index contributed by atoms with van der Waals surface area (Å²) in [6.45, 7) is -0.415. The Bertz CT molecular complexity index is 150. The molecule has 5 nitrogen and oxygen atoms in total. The molecule has 1 rings (SSSR count). The van der Waals surface area contributed by atoms with Crippen LogP contribution in [0.4, 0.5) is 0 Å². The van der Waals surface area contributed by atoms with E-state index in [2.05, 4.69) is 12.6 Å². The molecule has 12 heavy (non-hydrogen) atoms. The van der Waals surface area contributed by atoms with Crippen LogP contribution in [0.3, 0.4) is 0 Å². The number of aliphatic hydroxyl groups is 4. The van der Waals surface area contributed by atoms with E-state index < -0.39 is 36.5 Å². The van der Waals surface area contributed by atoms with Crippen LogP contribution in [0.5, 0.6) is 0 Å². The average molecular weight is 196 g/mol. The summed E-state index contributed by atoms with van der Waals surface area (Å²) < 4.78 is 4.88. The lowest BCUT2D eigenvalue weighted by molar-refractivity contribution is -0.205. The molecule has 0 aliphatic carbocycles. The summed E-state index contributed by atoms with van der Waals surface area (Å²) >= 11 is 3.81. The van der Waals surface area contributed by atoms with Crippen molar-refractivity contribution in [1.29, 1.82) is 0 Å². The average Bonchev–Trinajstić information content (AvgIpc) is 2.08. The van der Waals surface area contributed by atoms with E-state index in [4.69, 9.17) is 14.9 Å². The molecule has 4 N–H and O–H groups in total. The van der Waals surface area contributed by atoms with E-state index in [1.54, 1.807) is 0 Å². The Morgan fingerprint density at radius 1 is 1.08 bits per heavy atom. The lowest BCUT2D eigenvalue weighted by Crippen LogP contribution is -2.56. The molecule has 5 atom stereocenters. The molecule has 0 bridgehead atoms. The van der Waals surface area contributed by atoms with Crippen LogP contribution < -0.4 is 0 Å². The SMILES string of the molecule is OC[C@H]1O[C@@H](S)[C@@H](O)[C@H](O)[C@@H]1O. The third-order valence-electron chi connectivity index (χ3n) is 1.87. The molecule has 1 fully saturated rings. The Morgan fingerprint density at radius 3 is 2.17 bits per heavy atom. The Hall–Kier alpha value is 0.150. The number of aliphatic hydroxyl groups excluding tert-OH is 4. The molecule has 0 aromatic rings. The van der Waals surface area contributed by atoms with Crippen molar-refractivity contribution in [2.75, 3.05) is 6.61 Å². The highest BCUT2D eigenvalue weighted by atomic mass is 32.1. The van der Waals surface area contributed by atoms with E-state index >= 15 is 0 Å². The van der Waals surface area contributed by atoms with Crippen molar-refractivity contribution < 1.29 is 25.2 Å². The van der Waals surface area contributed by atoms with Gasteiger partial charge in [0.25, 0.3) is 0 Å². The van der Waals surface area contributed by atoms with Gasteiger partial charge in [-0.05, 0) is 0 Å². The lowest BCUT2D eigenvalue weighted by Gasteiger charge is -2.37. The van der Waals surface area contributed by atoms with Crippen molar-refractivity contribution in [3.8, 4) is 0 Å². The van der Waals surface area contributed by atoms with Gasteiger partial charge < -0.3 is 25.2 Å². The monoisotopic (exact) mass is 196 g/mol. The van der Waals surface area contributed by atoms with Gasteiger partial charge in [-0.3, -0.25) is 0 Å². The summed E-state index contributed by atoms with van der Waals surface area (Å²) in [4.78, 5) is 0. The zero-order chi connectivity index (χ0) is 9.30. The first-order valence-corrected chi connectivity index (χ1v) is 4.08. The summed E-state index contributed by atoms with van der Waals surface area (Å²) in [6.07, 6.45) is -4.70. The number of hydrogen-bond donors (Lipinski definition) is 5. The Balaban J connectivity index is 2.63. The van der Waals surface area contributed by atoms with Gasteiger partial charge in [-0.2, -0.15) is 0 Å². The molecule has 0 amide bonds. The fourth-order valence-electron chi connectivity index (χ4n) is 1.08. The number of rotatable bonds is 1. The van der Waals surface area contributed by atoms with Gasteiger partial charge >= 0.3 is 0 Å². The fraction of sp³-hybridized carbons (Fsp3) is 1.00. The molecule has 0 aromatic heterocycles. The Labute approximate surface area is 75.0 Å². The van der Waals surface area contributed by atoms with Crippen LogP contribution in [-0.2, 0) is 4.74 Å². The quantitative estimate of drug-likeness (QED) is 0.305. The second kappa shape index (κ2) is 3.91. The summed E-state index contributed by atoms with van der Waals surface area (Å²) in [5, 5.41) is 36.2. The summed E-state index contributed by atoms with van der Waals surface area (Å²) in [7, 11) is 0. The van der Waals surface area contributed by atoms with Crippen LogP contribution in [0, 0.1) is 0 Å². The molecule has 0 spiro atoms. The minimum Gasteiger partial charge on any atom is -0.394 e. The minimum atomic E-state index is -1.32. The number of hydrogen-bond acceptors (Lipinski definition) is 6. The normalized spacial score (nSPS) is 49.2. The lowest BCUT2D eigenvalue weighted by atomic mass is 10.0. The van der Waals surface area contributed by atoms with Crippen LogP contribution in [0.1, 0.15) is 0 Å². The third kappa shape index (κ3) is 1.73. The summed E-state index contributed by atoms with van der Waals surface area (Å²) in [6, 6.07) is 0. The molecule has 0 radical (unpaired) electrons. The van der Waals surface area contributed by atoms with Crippen molar-refractivity contribution in [1.82, 2.24) is 0 Å². The molecule has 1 aliphatic rings. The van der Waals surface area contributed by atoms with Crippen molar-refractivity contribution >= 4 is 12.6 Å². The first kappa shape index (κ1) is 10.2. The van der Waals surface area contributed by atoms with Crippen molar-refractivity contribution in [2.45, 2.75) is 29.9 Å². The maximum absolute atomic E-state index is 9.20. The Morgan fingerprint density at radius 2 is 1.67 bits per heavy atom. The van der Waals surface area contributed by atoms with Gasteiger partial charge in [-0.1, -0.05) is 0 Å². The zero-order valence-corrected chi connectivity index (χ0v) is 7.13. The topological polar surface area (TPSA) is 90.2 Å². The Kier molecular flexibility index (Phi) is 3.33. The van der Waals surface area contributed by atoms with Crippen molar-refractivity contribution in [2.24, 2.45) is 0 Å². The van der Waals surface area contributed by atoms with Crippen molar-refractivity contribution in [3.05, 3.63) is 0 Å². The van der Waals surface area contributed by atoms with E-state index in [-0.39, 0.29) is 0 Å². The molecule has 1 saturated heterocycles. The maximum atomic E-state index is 9.20. The van der Waals surface area contributed by atoms with Gasteiger partial charge in [0.2, 0.25) is 0 Å². The van der Waals surface area contributed by atoms with E-state index in [1.165, 1.54) is 0 Å². The van der Waals surface area contributed by atoms with E-state index in [1.807, 2.05) is 0 Å².